The number of aliphatic carboxylic acids is 1. The minimum Gasteiger partial charge on any atom is -0.481 e. The summed E-state index contributed by atoms with van der Waals surface area (Å²) < 4.78 is 7.96. The van der Waals surface area contributed by atoms with Crippen molar-refractivity contribution in [3.63, 3.8) is 0 Å². The maximum Gasteiger partial charge on any atom is 0.354 e. The van der Waals surface area contributed by atoms with Crippen LogP contribution in [-0.2, 0) is 17.9 Å². The third-order valence-corrected chi connectivity index (χ3v) is 6.64. The number of nitrogens with one attached hydrogen (secondary N) is 1. The number of hydrogen-bond acceptors (Lipinski definition) is 7. The molecule has 194 valence electrons. The van der Waals surface area contributed by atoms with Gasteiger partial charge in [0, 0.05) is 29.5 Å². The fraction of sp³-hybridized carbons (Fsp3) is 0.222. The molecule has 0 saturated heterocycles. The van der Waals surface area contributed by atoms with Crippen LogP contribution in [0, 0.1) is 12.3 Å². The predicted octanol–water partition coefficient (Wildman–Crippen LogP) is 4.21. The number of carboxylic acids is 1. The lowest BCUT2D eigenvalue weighted by Gasteiger charge is -2.17. The molecular formula is C27H24ClN5O5. The van der Waals surface area contributed by atoms with Crippen molar-refractivity contribution in [1.29, 1.82) is 0 Å². The van der Waals surface area contributed by atoms with Crippen molar-refractivity contribution in [3.8, 4) is 11.6 Å². The van der Waals surface area contributed by atoms with E-state index in [9.17, 15) is 19.5 Å². The first-order chi connectivity index (χ1) is 18.2. The maximum absolute atomic E-state index is 13.5. The van der Waals surface area contributed by atoms with E-state index in [1.54, 1.807) is 60.8 Å². The number of hydrogen-bond donors (Lipinski definition) is 2. The second kappa shape index (κ2) is 10.1. The molecule has 2 N–H and O–H groups in total. The smallest absolute Gasteiger partial charge is 0.354 e. The van der Waals surface area contributed by atoms with Gasteiger partial charge in [0.25, 0.3) is 0 Å². The van der Waals surface area contributed by atoms with Crippen LogP contribution in [0.1, 0.15) is 24.0 Å². The highest BCUT2D eigenvalue weighted by Crippen LogP contribution is 2.46. The zero-order valence-corrected chi connectivity index (χ0v) is 21.2. The van der Waals surface area contributed by atoms with Gasteiger partial charge in [-0.25, -0.2) is 19.1 Å². The Labute approximate surface area is 222 Å². The predicted molar refractivity (Wildman–Crippen MR) is 141 cm³/mol. The van der Waals surface area contributed by atoms with E-state index in [1.807, 2.05) is 13.0 Å². The third-order valence-electron chi connectivity index (χ3n) is 6.39. The van der Waals surface area contributed by atoms with Crippen LogP contribution in [0.25, 0.3) is 0 Å². The molecule has 2 heterocycles. The number of aromatic nitrogens is 4. The summed E-state index contributed by atoms with van der Waals surface area (Å²) in [5, 5.41) is 13.2. The first-order valence-corrected chi connectivity index (χ1v) is 12.3. The van der Waals surface area contributed by atoms with Gasteiger partial charge in [-0.1, -0.05) is 29.8 Å². The Balaban J connectivity index is 1.45. The third kappa shape index (κ3) is 5.45. The zero-order valence-electron chi connectivity index (χ0n) is 20.4. The highest BCUT2D eigenvalue weighted by Gasteiger charge is 2.51. The quantitative estimate of drug-likeness (QED) is 0.327. The Morgan fingerprint density at radius 1 is 1.05 bits per heavy atom. The molecule has 5 rings (SSSR count). The van der Waals surface area contributed by atoms with Gasteiger partial charge in [-0.15, -0.1) is 0 Å². The topological polar surface area (TPSA) is 128 Å². The molecule has 4 aromatic rings. The van der Waals surface area contributed by atoms with Crippen LogP contribution < -0.4 is 21.4 Å². The lowest BCUT2D eigenvalue weighted by Crippen LogP contribution is -2.45. The van der Waals surface area contributed by atoms with E-state index in [-0.39, 0.29) is 19.0 Å². The molecule has 1 fully saturated rings. The minimum atomic E-state index is -1.11. The van der Waals surface area contributed by atoms with Crippen LogP contribution in [0.2, 0.25) is 5.02 Å². The number of aryl methyl sites for hydroxylation is 1. The monoisotopic (exact) mass is 533 g/mol. The van der Waals surface area contributed by atoms with E-state index in [0.29, 0.717) is 35.2 Å². The Kier molecular flexibility index (Phi) is 6.73. The second-order valence-corrected chi connectivity index (χ2v) is 9.75. The van der Waals surface area contributed by atoms with E-state index in [4.69, 9.17) is 16.3 Å². The molecule has 0 radical (unpaired) electrons. The summed E-state index contributed by atoms with van der Waals surface area (Å²) in [6, 6.07) is 17.5. The average Bonchev–Trinajstić information content (AvgIpc) is 3.69. The van der Waals surface area contributed by atoms with Crippen molar-refractivity contribution in [1.82, 2.24) is 19.1 Å². The van der Waals surface area contributed by atoms with Gasteiger partial charge in [-0.05, 0) is 67.3 Å². The summed E-state index contributed by atoms with van der Waals surface area (Å²) in [6.45, 7) is 1.80. The van der Waals surface area contributed by atoms with E-state index in [2.05, 4.69) is 15.3 Å². The number of nitrogens with zero attached hydrogens (tertiary/aromatic N) is 4. The Morgan fingerprint density at radius 3 is 2.37 bits per heavy atom. The number of benzene rings is 2. The van der Waals surface area contributed by atoms with E-state index < -0.39 is 22.8 Å². The van der Waals surface area contributed by atoms with Gasteiger partial charge in [0.05, 0.1) is 12.0 Å². The van der Waals surface area contributed by atoms with Crippen molar-refractivity contribution in [3.05, 3.63) is 104 Å². The number of anilines is 2. The highest BCUT2D eigenvalue weighted by molar-refractivity contribution is 6.30. The molecule has 0 spiro atoms. The van der Waals surface area contributed by atoms with Crippen molar-refractivity contribution < 1.29 is 14.6 Å². The van der Waals surface area contributed by atoms with Crippen molar-refractivity contribution in [2.75, 3.05) is 5.32 Å². The van der Waals surface area contributed by atoms with Gasteiger partial charge in [-0.2, -0.15) is 4.98 Å². The minimum absolute atomic E-state index is 0.0280. The molecule has 0 atom stereocenters. The first-order valence-electron chi connectivity index (χ1n) is 11.9. The summed E-state index contributed by atoms with van der Waals surface area (Å²) in [7, 11) is 0. The van der Waals surface area contributed by atoms with Gasteiger partial charge >= 0.3 is 17.3 Å². The zero-order chi connectivity index (χ0) is 26.9. The second-order valence-electron chi connectivity index (χ2n) is 9.31. The Bertz CT molecular complexity index is 1590. The molecule has 10 nitrogen and oxygen atoms in total. The van der Waals surface area contributed by atoms with E-state index in [0.717, 1.165) is 15.7 Å². The fourth-order valence-electron chi connectivity index (χ4n) is 3.94. The van der Waals surface area contributed by atoms with Crippen molar-refractivity contribution in [2.24, 2.45) is 5.41 Å². The lowest BCUT2D eigenvalue weighted by molar-refractivity contribution is -0.144. The molecule has 0 unspecified atom stereocenters. The maximum atomic E-state index is 13.5. The normalized spacial score (nSPS) is 13.6. The van der Waals surface area contributed by atoms with E-state index >= 15 is 0 Å². The summed E-state index contributed by atoms with van der Waals surface area (Å²) in [5.74, 6) is 0.00376. The largest absolute Gasteiger partial charge is 0.481 e. The number of halogens is 1. The molecule has 0 aliphatic heterocycles. The Hall–Kier alpha value is -4.44. The number of ether oxygens (including phenoxy) is 1. The fourth-order valence-corrected chi connectivity index (χ4v) is 4.06. The first kappa shape index (κ1) is 25.2. The Morgan fingerprint density at radius 2 is 1.76 bits per heavy atom. The number of pyridine rings is 1. The van der Waals surface area contributed by atoms with Crippen LogP contribution in [0.4, 0.5) is 11.6 Å². The molecule has 1 saturated carbocycles. The lowest BCUT2D eigenvalue weighted by atomic mass is 10.1. The average molecular weight is 534 g/mol. The molecule has 11 heteroatoms. The van der Waals surface area contributed by atoms with Gasteiger partial charge in [0.15, 0.2) is 0 Å². The van der Waals surface area contributed by atoms with Crippen LogP contribution in [0.3, 0.4) is 0 Å². The van der Waals surface area contributed by atoms with Crippen LogP contribution >= 0.6 is 11.6 Å². The van der Waals surface area contributed by atoms with Gasteiger partial charge in [0.2, 0.25) is 11.8 Å². The summed E-state index contributed by atoms with van der Waals surface area (Å²) in [4.78, 5) is 46.4. The van der Waals surface area contributed by atoms with Crippen LogP contribution in [0.5, 0.6) is 11.6 Å². The molecule has 38 heavy (non-hydrogen) atoms. The summed E-state index contributed by atoms with van der Waals surface area (Å²) in [6.07, 6.45) is 2.51. The standard InChI is InChI=1S/C27H24ClN5O5/c1-17-2-11-22(29-14-17)38-21-9-7-20(8-10-21)30-24-31-25(36)33(16-27(12-13-27)23(34)35)26(37)32(24)15-18-3-5-19(28)6-4-18/h2-11,14H,12-13,15-16H2,1H3,(H,34,35)(H,30,31,36). The van der Waals surface area contributed by atoms with Crippen molar-refractivity contribution >= 4 is 29.2 Å². The molecule has 0 amide bonds. The molecular weight excluding hydrogens is 510 g/mol. The SMILES string of the molecule is Cc1ccc(Oc2ccc(Nc3nc(=O)n(CC4(C(=O)O)CC4)c(=O)n3Cc3ccc(Cl)cc3)cc2)nc1. The summed E-state index contributed by atoms with van der Waals surface area (Å²) >= 11 is 6.00. The molecule has 0 bridgehead atoms. The molecule has 1 aliphatic carbocycles. The number of rotatable bonds is 9. The molecule has 2 aromatic carbocycles. The van der Waals surface area contributed by atoms with E-state index in [1.165, 1.54) is 4.57 Å². The van der Waals surface area contributed by atoms with Crippen LogP contribution in [-0.4, -0.2) is 30.2 Å². The highest BCUT2D eigenvalue weighted by atomic mass is 35.5. The molecule has 2 aromatic heterocycles. The number of carbonyl (C=O) groups is 1. The van der Waals surface area contributed by atoms with Gasteiger partial charge < -0.3 is 15.2 Å². The molecule has 1 aliphatic rings. The summed E-state index contributed by atoms with van der Waals surface area (Å²) in [5.41, 5.74) is -0.248. The van der Waals surface area contributed by atoms with Gasteiger partial charge in [-0.3, -0.25) is 9.36 Å². The van der Waals surface area contributed by atoms with Crippen molar-refractivity contribution in [2.45, 2.75) is 32.9 Å². The van der Waals surface area contributed by atoms with Gasteiger partial charge in [0.1, 0.15) is 5.75 Å². The van der Waals surface area contributed by atoms with Crippen LogP contribution in [0.15, 0.2) is 76.4 Å². The number of carboxylic acid groups (broad SMARTS) is 1.